The number of halogens is 1. The van der Waals surface area contributed by atoms with E-state index in [-0.39, 0.29) is 5.96 Å². The van der Waals surface area contributed by atoms with Gasteiger partial charge in [-0.25, -0.2) is 0 Å². The lowest BCUT2D eigenvalue weighted by Crippen LogP contribution is -2.51. The number of pyridine rings is 1. The van der Waals surface area contributed by atoms with Gasteiger partial charge in [0.05, 0.1) is 10.7 Å². The number of aryl methyl sites for hydroxylation is 1. The van der Waals surface area contributed by atoms with Crippen molar-refractivity contribution in [2.45, 2.75) is 38.1 Å². The Balaban J connectivity index is 1.83. The van der Waals surface area contributed by atoms with Crippen LogP contribution in [0.25, 0.3) is 0 Å². The minimum Gasteiger partial charge on any atom is -0.370 e. The van der Waals surface area contributed by atoms with Gasteiger partial charge in [-0.15, -0.1) is 0 Å². The molecule has 0 radical (unpaired) electrons. The highest BCUT2D eigenvalue weighted by molar-refractivity contribution is 7.80. The summed E-state index contributed by atoms with van der Waals surface area (Å²) in [6.45, 7) is 0.584. The molecule has 0 aromatic carbocycles. The standard InChI is InChI=1S/C14H20ClN5S/c15-11-6-2-8-18-12(11)7-3-9-20(13(16)17)14(21)19-10-4-1-5-10/h2,6,8,10H,1,3-5,7,9H2,(H3,16,17)(H,19,21). The second-order valence-corrected chi connectivity index (χ2v) is 5.94. The maximum atomic E-state index is 7.66. The molecule has 1 heterocycles. The molecule has 114 valence electrons. The SMILES string of the molecule is N=C(N)N(CCCc1ncccc1Cl)C(=S)NC1CCC1. The van der Waals surface area contributed by atoms with Gasteiger partial charge in [0.25, 0.3) is 0 Å². The first kappa shape index (κ1) is 16.0. The van der Waals surface area contributed by atoms with Gasteiger partial charge in [-0.1, -0.05) is 11.6 Å². The summed E-state index contributed by atoms with van der Waals surface area (Å²) in [5.74, 6) is -0.0288. The topological polar surface area (TPSA) is 78.0 Å². The highest BCUT2D eigenvalue weighted by Gasteiger charge is 2.21. The molecule has 0 amide bonds. The van der Waals surface area contributed by atoms with E-state index in [1.807, 2.05) is 12.1 Å². The van der Waals surface area contributed by atoms with Gasteiger partial charge in [-0.05, 0) is 56.5 Å². The summed E-state index contributed by atoms with van der Waals surface area (Å²) >= 11 is 11.4. The summed E-state index contributed by atoms with van der Waals surface area (Å²) in [4.78, 5) is 5.88. The van der Waals surface area contributed by atoms with E-state index in [1.54, 1.807) is 11.1 Å². The van der Waals surface area contributed by atoms with Crippen LogP contribution in [0.15, 0.2) is 18.3 Å². The predicted octanol–water partition coefficient (Wildman–Crippen LogP) is 2.29. The molecule has 1 aliphatic carbocycles. The summed E-state index contributed by atoms with van der Waals surface area (Å²) < 4.78 is 0. The van der Waals surface area contributed by atoms with Crippen LogP contribution in [0, 0.1) is 5.41 Å². The van der Waals surface area contributed by atoms with Gasteiger partial charge in [0.2, 0.25) is 0 Å². The van der Waals surface area contributed by atoms with Crippen LogP contribution in [-0.2, 0) is 6.42 Å². The number of nitrogens with zero attached hydrogens (tertiary/aromatic N) is 2. The van der Waals surface area contributed by atoms with E-state index < -0.39 is 0 Å². The van der Waals surface area contributed by atoms with Crippen molar-refractivity contribution in [3.63, 3.8) is 0 Å². The van der Waals surface area contributed by atoms with Gasteiger partial charge in [-0.2, -0.15) is 0 Å². The fourth-order valence-corrected chi connectivity index (χ4v) is 2.72. The number of hydrogen-bond acceptors (Lipinski definition) is 3. The Morgan fingerprint density at radius 2 is 2.33 bits per heavy atom. The normalized spacial score (nSPS) is 14.3. The van der Waals surface area contributed by atoms with Gasteiger partial charge >= 0.3 is 0 Å². The summed E-state index contributed by atoms with van der Waals surface area (Å²) in [6.07, 6.45) is 6.74. The van der Waals surface area contributed by atoms with Crippen molar-refractivity contribution in [1.29, 1.82) is 5.41 Å². The molecule has 4 N–H and O–H groups in total. The molecule has 0 atom stereocenters. The molecule has 21 heavy (non-hydrogen) atoms. The first-order chi connectivity index (χ1) is 10.1. The third kappa shape index (κ3) is 4.54. The Labute approximate surface area is 135 Å². The summed E-state index contributed by atoms with van der Waals surface area (Å²) in [7, 11) is 0. The lowest BCUT2D eigenvalue weighted by molar-refractivity contribution is 0.373. The largest absolute Gasteiger partial charge is 0.370 e. The number of aromatic nitrogens is 1. The Hall–Kier alpha value is -1.40. The second-order valence-electron chi connectivity index (χ2n) is 5.15. The molecule has 0 aliphatic heterocycles. The predicted molar refractivity (Wildman–Crippen MR) is 89.6 cm³/mol. The third-order valence-corrected chi connectivity index (χ3v) is 4.28. The summed E-state index contributed by atoms with van der Waals surface area (Å²) in [5, 5.41) is 12.1. The van der Waals surface area contributed by atoms with E-state index in [2.05, 4.69) is 10.3 Å². The molecule has 7 heteroatoms. The van der Waals surface area contributed by atoms with Crippen LogP contribution in [0.5, 0.6) is 0 Å². The quantitative estimate of drug-likeness (QED) is 0.440. The van der Waals surface area contributed by atoms with Crippen molar-refractivity contribution in [2.75, 3.05) is 6.54 Å². The summed E-state index contributed by atoms with van der Waals surface area (Å²) in [6, 6.07) is 4.07. The average molecular weight is 326 g/mol. The molecule has 0 saturated heterocycles. The van der Waals surface area contributed by atoms with E-state index in [1.165, 1.54) is 6.42 Å². The molecule has 1 aromatic rings. The molecule has 0 spiro atoms. The second kappa shape index (κ2) is 7.56. The Bertz CT molecular complexity index is 518. The van der Waals surface area contributed by atoms with Crippen LogP contribution in [0.2, 0.25) is 5.02 Å². The number of hydrogen-bond donors (Lipinski definition) is 3. The van der Waals surface area contributed by atoms with Crippen molar-refractivity contribution >= 4 is 34.9 Å². The zero-order valence-corrected chi connectivity index (χ0v) is 13.4. The molecule has 1 saturated carbocycles. The van der Waals surface area contributed by atoms with Crippen LogP contribution < -0.4 is 11.1 Å². The van der Waals surface area contributed by atoms with Gasteiger partial charge in [0.1, 0.15) is 0 Å². The number of nitrogens with two attached hydrogens (primary N) is 1. The molecular formula is C14H20ClN5S. The molecular weight excluding hydrogens is 306 g/mol. The minimum atomic E-state index is -0.0288. The first-order valence-electron chi connectivity index (χ1n) is 7.09. The number of nitrogens with one attached hydrogen (secondary N) is 2. The Morgan fingerprint density at radius 1 is 1.57 bits per heavy atom. The van der Waals surface area contributed by atoms with Crippen LogP contribution in [0.4, 0.5) is 0 Å². The lowest BCUT2D eigenvalue weighted by Gasteiger charge is -2.32. The monoisotopic (exact) mass is 325 g/mol. The third-order valence-electron chi connectivity index (χ3n) is 3.60. The fraction of sp³-hybridized carbons (Fsp3) is 0.500. The van der Waals surface area contributed by atoms with Crippen molar-refractivity contribution in [3.8, 4) is 0 Å². The van der Waals surface area contributed by atoms with E-state index in [9.17, 15) is 0 Å². The molecule has 2 rings (SSSR count). The number of rotatable bonds is 5. The van der Waals surface area contributed by atoms with E-state index >= 15 is 0 Å². The van der Waals surface area contributed by atoms with Gasteiger partial charge in [-0.3, -0.25) is 15.3 Å². The highest BCUT2D eigenvalue weighted by Crippen LogP contribution is 2.18. The van der Waals surface area contributed by atoms with E-state index in [4.69, 9.17) is 35.0 Å². The van der Waals surface area contributed by atoms with Gasteiger partial charge < -0.3 is 11.1 Å². The number of thiocarbonyl (C=S) groups is 1. The van der Waals surface area contributed by atoms with Crippen molar-refractivity contribution < 1.29 is 0 Å². The van der Waals surface area contributed by atoms with Crippen LogP contribution in [0.3, 0.4) is 0 Å². The Morgan fingerprint density at radius 3 is 2.90 bits per heavy atom. The maximum absolute atomic E-state index is 7.66. The Kier molecular flexibility index (Phi) is 5.76. The maximum Gasteiger partial charge on any atom is 0.194 e. The number of guanidine groups is 1. The van der Waals surface area contributed by atoms with Crippen LogP contribution in [-0.4, -0.2) is 33.5 Å². The highest BCUT2D eigenvalue weighted by atomic mass is 35.5. The van der Waals surface area contributed by atoms with E-state index in [0.717, 1.165) is 31.4 Å². The lowest BCUT2D eigenvalue weighted by atomic mass is 9.93. The first-order valence-corrected chi connectivity index (χ1v) is 7.88. The zero-order chi connectivity index (χ0) is 15.2. The molecule has 0 unspecified atom stereocenters. The van der Waals surface area contributed by atoms with Gasteiger partial charge in [0.15, 0.2) is 11.1 Å². The van der Waals surface area contributed by atoms with Crippen molar-refractivity contribution in [3.05, 3.63) is 29.0 Å². The fourth-order valence-electron chi connectivity index (χ4n) is 2.14. The molecule has 0 bridgehead atoms. The zero-order valence-electron chi connectivity index (χ0n) is 11.8. The minimum absolute atomic E-state index is 0.0288. The average Bonchev–Trinajstić information content (AvgIpc) is 2.40. The molecule has 1 aromatic heterocycles. The van der Waals surface area contributed by atoms with Gasteiger partial charge in [0, 0.05) is 18.8 Å². The summed E-state index contributed by atoms with van der Waals surface area (Å²) in [5.41, 5.74) is 6.48. The van der Waals surface area contributed by atoms with Crippen molar-refractivity contribution in [2.24, 2.45) is 5.73 Å². The van der Waals surface area contributed by atoms with Crippen molar-refractivity contribution in [1.82, 2.24) is 15.2 Å². The van der Waals surface area contributed by atoms with Crippen LogP contribution >= 0.6 is 23.8 Å². The smallest absolute Gasteiger partial charge is 0.194 e. The molecule has 1 fully saturated rings. The van der Waals surface area contributed by atoms with E-state index in [0.29, 0.717) is 22.7 Å². The van der Waals surface area contributed by atoms with Crippen LogP contribution in [0.1, 0.15) is 31.4 Å². The molecule has 1 aliphatic rings. The molecule has 5 nitrogen and oxygen atoms in total.